The largest absolute Gasteiger partial charge is 0.490 e. The molecular formula is C31H34ClN5O3. The van der Waals surface area contributed by atoms with Crippen molar-refractivity contribution >= 4 is 57.4 Å². The zero-order valence-corrected chi connectivity index (χ0v) is 24.0. The van der Waals surface area contributed by atoms with Gasteiger partial charge in [0, 0.05) is 48.0 Å². The second-order valence-electron chi connectivity index (χ2n) is 10.3. The number of benzene rings is 3. The van der Waals surface area contributed by atoms with Gasteiger partial charge in [0.25, 0.3) is 5.91 Å². The van der Waals surface area contributed by atoms with Crippen molar-refractivity contribution in [2.24, 2.45) is 0 Å². The SMILES string of the molecule is CC(=O)N(CCCN(C)C)c1ccc(NC(=C2C(=O)Nc3cc(Cl)ccc32)c2ccc3c(c2)OCCN3C)cc1. The van der Waals surface area contributed by atoms with E-state index < -0.39 is 0 Å². The van der Waals surface area contributed by atoms with Crippen LogP contribution in [0.2, 0.25) is 5.02 Å². The van der Waals surface area contributed by atoms with Gasteiger partial charge in [0.05, 0.1) is 29.2 Å². The van der Waals surface area contributed by atoms with Crippen molar-refractivity contribution in [2.75, 3.05) is 67.8 Å². The molecule has 0 saturated heterocycles. The monoisotopic (exact) mass is 559 g/mol. The van der Waals surface area contributed by atoms with Gasteiger partial charge < -0.3 is 30.1 Å². The molecule has 3 aromatic carbocycles. The number of hydrogen-bond donors (Lipinski definition) is 2. The fourth-order valence-corrected chi connectivity index (χ4v) is 5.24. The van der Waals surface area contributed by atoms with Gasteiger partial charge in [-0.1, -0.05) is 23.7 Å². The Morgan fingerprint density at radius 2 is 1.85 bits per heavy atom. The van der Waals surface area contributed by atoms with Crippen molar-refractivity contribution in [3.63, 3.8) is 0 Å². The van der Waals surface area contributed by atoms with Crippen LogP contribution in [-0.2, 0) is 9.59 Å². The molecule has 208 valence electrons. The summed E-state index contributed by atoms with van der Waals surface area (Å²) in [5, 5.41) is 7.00. The molecule has 9 heteroatoms. The van der Waals surface area contributed by atoms with Gasteiger partial charge in [0.15, 0.2) is 0 Å². The molecule has 0 radical (unpaired) electrons. The number of nitrogens with zero attached hydrogens (tertiary/aromatic N) is 3. The summed E-state index contributed by atoms with van der Waals surface area (Å²) in [6.07, 6.45) is 0.872. The van der Waals surface area contributed by atoms with Crippen LogP contribution in [0, 0.1) is 0 Å². The number of halogens is 1. The normalized spacial score (nSPS) is 15.2. The van der Waals surface area contributed by atoms with Crippen LogP contribution in [0.3, 0.4) is 0 Å². The van der Waals surface area contributed by atoms with E-state index in [0.29, 0.717) is 35.1 Å². The molecule has 0 aromatic heterocycles. The van der Waals surface area contributed by atoms with Crippen LogP contribution in [0.1, 0.15) is 24.5 Å². The zero-order chi connectivity index (χ0) is 28.4. The number of fused-ring (bicyclic) bond motifs is 2. The summed E-state index contributed by atoms with van der Waals surface area (Å²) in [5.74, 6) is 0.557. The summed E-state index contributed by atoms with van der Waals surface area (Å²) in [5.41, 5.74) is 6.06. The van der Waals surface area contributed by atoms with E-state index in [9.17, 15) is 9.59 Å². The number of carbonyl (C=O) groups excluding carboxylic acids is 2. The van der Waals surface area contributed by atoms with Gasteiger partial charge in [-0.15, -0.1) is 0 Å². The predicted molar refractivity (Wildman–Crippen MR) is 163 cm³/mol. The molecule has 0 saturated carbocycles. The van der Waals surface area contributed by atoms with E-state index in [2.05, 4.69) is 20.4 Å². The van der Waals surface area contributed by atoms with Crippen LogP contribution in [-0.4, -0.2) is 64.1 Å². The third-order valence-electron chi connectivity index (χ3n) is 7.14. The van der Waals surface area contributed by atoms with Gasteiger partial charge in [-0.3, -0.25) is 9.59 Å². The molecule has 40 heavy (non-hydrogen) atoms. The number of carbonyl (C=O) groups is 2. The fourth-order valence-electron chi connectivity index (χ4n) is 5.07. The van der Waals surface area contributed by atoms with E-state index >= 15 is 0 Å². The van der Waals surface area contributed by atoms with Gasteiger partial charge in [-0.25, -0.2) is 0 Å². The lowest BCUT2D eigenvalue weighted by molar-refractivity contribution is -0.116. The Labute approximate surface area is 240 Å². The van der Waals surface area contributed by atoms with Gasteiger partial charge >= 0.3 is 0 Å². The van der Waals surface area contributed by atoms with E-state index in [-0.39, 0.29) is 11.8 Å². The van der Waals surface area contributed by atoms with E-state index in [4.69, 9.17) is 16.3 Å². The molecule has 0 fully saturated rings. The van der Waals surface area contributed by atoms with Crippen molar-refractivity contribution in [2.45, 2.75) is 13.3 Å². The molecule has 2 N–H and O–H groups in total. The maximum Gasteiger partial charge on any atom is 0.258 e. The van der Waals surface area contributed by atoms with Crippen molar-refractivity contribution in [3.8, 4) is 5.75 Å². The molecular weight excluding hydrogens is 526 g/mol. The molecule has 5 rings (SSSR count). The second-order valence-corrected chi connectivity index (χ2v) is 10.8. The highest BCUT2D eigenvalue weighted by atomic mass is 35.5. The van der Waals surface area contributed by atoms with Gasteiger partial charge in [0.2, 0.25) is 5.91 Å². The first-order valence-corrected chi connectivity index (χ1v) is 13.7. The molecule has 2 aliphatic rings. The summed E-state index contributed by atoms with van der Waals surface area (Å²) in [6, 6.07) is 19.1. The Hall–Kier alpha value is -4.01. The summed E-state index contributed by atoms with van der Waals surface area (Å²) in [7, 11) is 6.08. The number of nitrogens with one attached hydrogen (secondary N) is 2. The summed E-state index contributed by atoms with van der Waals surface area (Å²) in [6.45, 7) is 4.53. The number of likely N-dealkylation sites (N-methyl/N-ethyl adjacent to an activating group) is 1. The molecule has 2 aliphatic heterocycles. The molecule has 0 atom stereocenters. The molecule has 0 aliphatic carbocycles. The summed E-state index contributed by atoms with van der Waals surface area (Å²) >= 11 is 6.21. The summed E-state index contributed by atoms with van der Waals surface area (Å²) in [4.78, 5) is 31.7. The number of anilines is 4. The number of ether oxygens (including phenoxy) is 1. The van der Waals surface area contributed by atoms with Gasteiger partial charge in [-0.05, 0) is 75.6 Å². The third kappa shape index (κ3) is 5.78. The Bertz CT molecular complexity index is 1470. The van der Waals surface area contributed by atoms with E-state index in [0.717, 1.165) is 53.4 Å². The molecule has 0 unspecified atom stereocenters. The topological polar surface area (TPSA) is 77.2 Å². The van der Waals surface area contributed by atoms with Crippen molar-refractivity contribution < 1.29 is 14.3 Å². The Morgan fingerprint density at radius 1 is 1.07 bits per heavy atom. The predicted octanol–water partition coefficient (Wildman–Crippen LogP) is 5.41. The molecule has 2 heterocycles. The highest BCUT2D eigenvalue weighted by Gasteiger charge is 2.29. The van der Waals surface area contributed by atoms with Crippen LogP contribution in [0.15, 0.2) is 60.7 Å². The van der Waals surface area contributed by atoms with Gasteiger partial charge in [0.1, 0.15) is 12.4 Å². The lowest BCUT2D eigenvalue weighted by Crippen LogP contribution is -2.31. The van der Waals surface area contributed by atoms with Gasteiger partial charge in [-0.2, -0.15) is 0 Å². The molecule has 0 bridgehead atoms. The third-order valence-corrected chi connectivity index (χ3v) is 7.37. The molecule has 8 nitrogen and oxygen atoms in total. The van der Waals surface area contributed by atoms with Crippen LogP contribution in [0.5, 0.6) is 5.75 Å². The maximum atomic E-state index is 13.3. The smallest absolute Gasteiger partial charge is 0.258 e. The van der Waals surface area contributed by atoms with Crippen molar-refractivity contribution in [1.29, 1.82) is 0 Å². The molecule has 0 spiro atoms. The van der Waals surface area contributed by atoms with Crippen LogP contribution in [0.4, 0.5) is 22.7 Å². The first kappa shape index (κ1) is 27.6. The Kier molecular flexibility index (Phi) is 8.00. The average Bonchev–Trinajstić information content (AvgIpc) is 3.24. The van der Waals surface area contributed by atoms with Crippen LogP contribution >= 0.6 is 11.6 Å². The Morgan fingerprint density at radius 3 is 2.58 bits per heavy atom. The van der Waals surface area contributed by atoms with Crippen molar-refractivity contribution in [1.82, 2.24) is 4.90 Å². The first-order chi connectivity index (χ1) is 19.2. The van der Waals surface area contributed by atoms with E-state index in [1.165, 1.54) is 0 Å². The maximum absolute atomic E-state index is 13.3. The lowest BCUT2D eigenvalue weighted by Gasteiger charge is -2.28. The van der Waals surface area contributed by atoms with E-state index in [1.54, 1.807) is 24.0 Å². The highest BCUT2D eigenvalue weighted by molar-refractivity contribution is 6.38. The fraction of sp³-hybridized carbons (Fsp3) is 0.290. The quantitative estimate of drug-likeness (QED) is 0.360. The minimum atomic E-state index is -0.212. The molecule has 2 amide bonds. The number of rotatable bonds is 8. The van der Waals surface area contributed by atoms with E-state index in [1.807, 2.05) is 69.7 Å². The first-order valence-electron chi connectivity index (χ1n) is 13.3. The van der Waals surface area contributed by atoms with Crippen LogP contribution in [0.25, 0.3) is 11.3 Å². The Balaban J connectivity index is 1.52. The minimum absolute atomic E-state index is 0.000746. The highest BCUT2D eigenvalue weighted by Crippen LogP contribution is 2.41. The van der Waals surface area contributed by atoms with Crippen LogP contribution < -0.4 is 25.2 Å². The number of hydrogen-bond acceptors (Lipinski definition) is 6. The lowest BCUT2D eigenvalue weighted by atomic mass is 9.99. The second kappa shape index (κ2) is 11.6. The van der Waals surface area contributed by atoms with Crippen molar-refractivity contribution in [3.05, 3.63) is 76.8 Å². The zero-order valence-electron chi connectivity index (χ0n) is 23.3. The number of amides is 2. The average molecular weight is 560 g/mol. The molecule has 3 aromatic rings. The summed E-state index contributed by atoms with van der Waals surface area (Å²) < 4.78 is 5.97. The standard InChI is InChI=1S/C31H34ClN5O3/c1-20(38)37(15-5-14-35(2)3)24-10-8-23(9-11-24)33-30(21-6-13-27-28(18-21)40-17-16-36(27)4)29-25-12-7-22(32)19-26(25)34-31(29)39/h6-13,18-19,33H,5,14-17H2,1-4H3,(H,34,39). The minimum Gasteiger partial charge on any atom is -0.490 e.